The van der Waals surface area contributed by atoms with Gasteiger partial charge in [0.1, 0.15) is 5.82 Å². The van der Waals surface area contributed by atoms with E-state index in [9.17, 15) is 4.79 Å². The van der Waals surface area contributed by atoms with Gasteiger partial charge in [0, 0.05) is 18.5 Å². The van der Waals surface area contributed by atoms with E-state index in [1.54, 1.807) is 0 Å². The molecule has 0 aliphatic rings. The fourth-order valence-electron chi connectivity index (χ4n) is 2.27. The number of nitrogens with zero attached hydrogens (tertiary/aromatic N) is 2. The van der Waals surface area contributed by atoms with Crippen LogP contribution in [0.25, 0.3) is 11.0 Å². The molecule has 0 atom stereocenters. The number of aliphatic carboxylic acids is 1. The summed E-state index contributed by atoms with van der Waals surface area (Å²) in [5.41, 5.74) is 1.52. The lowest BCUT2D eigenvalue weighted by Gasteiger charge is -2.21. The summed E-state index contributed by atoms with van der Waals surface area (Å²) < 4.78 is 1.98. The van der Waals surface area contributed by atoms with Crippen molar-refractivity contribution in [2.75, 3.05) is 0 Å². The second-order valence-corrected chi connectivity index (χ2v) is 6.07. The number of fused-ring (bicyclic) bond motifs is 1. The van der Waals surface area contributed by atoms with Crippen LogP contribution in [-0.4, -0.2) is 20.6 Å². The molecule has 0 saturated carbocycles. The standard InChI is InChI=1S/C14H17ClN2O2/c1-14(2,8-13(18)19)7-12-16-10-5-4-9(15)6-11(10)17(12)3/h4-6H,7-8H2,1-3H3,(H,18,19). The summed E-state index contributed by atoms with van der Waals surface area (Å²) in [4.78, 5) is 15.4. The lowest BCUT2D eigenvalue weighted by molar-refractivity contribution is -0.139. The lowest BCUT2D eigenvalue weighted by Crippen LogP contribution is -2.21. The van der Waals surface area contributed by atoms with Crippen molar-refractivity contribution in [1.29, 1.82) is 0 Å². The quantitative estimate of drug-likeness (QED) is 0.935. The highest BCUT2D eigenvalue weighted by Gasteiger charge is 2.24. The van der Waals surface area contributed by atoms with Crippen LogP contribution in [0.3, 0.4) is 0 Å². The second-order valence-electron chi connectivity index (χ2n) is 5.63. The molecule has 0 saturated heterocycles. The molecule has 0 aliphatic carbocycles. The molecule has 0 aliphatic heterocycles. The monoisotopic (exact) mass is 280 g/mol. The zero-order chi connectivity index (χ0) is 14.2. The maximum atomic E-state index is 10.9. The van der Waals surface area contributed by atoms with Crippen molar-refractivity contribution >= 4 is 28.6 Å². The first-order valence-corrected chi connectivity index (χ1v) is 6.49. The number of hydrogen-bond acceptors (Lipinski definition) is 2. The fourth-order valence-corrected chi connectivity index (χ4v) is 2.44. The Hall–Kier alpha value is -1.55. The van der Waals surface area contributed by atoms with Crippen LogP contribution in [0.4, 0.5) is 0 Å². The van der Waals surface area contributed by atoms with Crippen LogP contribution in [-0.2, 0) is 18.3 Å². The molecule has 0 fully saturated rings. The van der Waals surface area contributed by atoms with E-state index in [-0.39, 0.29) is 11.8 Å². The molecule has 1 aromatic heterocycles. The van der Waals surface area contributed by atoms with E-state index in [0.717, 1.165) is 16.9 Å². The van der Waals surface area contributed by atoms with Gasteiger partial charge in [0.15, 0.2) is 0 Å². The summed E-state index contributed by atoms with van der Waals surface area (Å²) in [6.07, 6.45) is 0.735. The average Bonchev–Trinajstić information content (AvgIpc) is 2.54. The number of carboxylic acid groups (broad SMARTS) is 1. The van der Waals surface area contributed by atoms with Crippen LogP contribution < -0.4 is 0 Å². The number of benzene rings is 1. The molecule has 1 aromatic carbocycles. The van der Waals surface area contributed by atoms with Crippen molar-refractivity contribution in [2.24, 2.45) is 12.5 Å². The molecule has 0 spiro atoms. The van der Waals surface area contributed by atoms with Crippen molar-refractivity contribution in [2.45, 2.75) is 26.7 Å². The molecule has 1 N–H and O–H groups in total. The van der Waals surface area contributed by atoms with Crippen LogP contribution in [0.2, 0.25) is 5.02 Å². The Kier molecular flexibility index (Phi) is 3.54. The van der Waals surface area contributed by atoms with Gasteiger partial charge in [-0.25, -0.2) is 4.98 Å². The van der Waals surface area contributed by atoms with Gasteiger partial charge in [-0.15, -0.1) is 0 Å². The third-order valence-corrected chi connectivity index (χ3v) is 3.44. The molecular formula is C14H17ClN2O2. The minimum Gasteiger partial charge on any atom is -0.481 e. The van der Waals surface area contributed by atoms with Gasteiger partial charge in [-0.05, 0) is 23.6 Å². The molecule has 0 unspecified atom stereocenters. The van der Waals surface area contributed by atoms with E-state index in [1.165, 1.54) is 0 Å². The van der Waals surface area contributed by atoms with Gasteiger partial charge < -0.3 is 9.67 Å². The number of hydrogen-bond donors (Lipinski definition) is 1. The molecule has 0 radical (unpaired) electrons. The third-order valence-electron chi connectivity index (χ3n) is 3.20. The Morgan fingerprint density at radius 3 is 2.79 bits per heavy atom. The van der Waals surface area contributed by atoms with Gasteiger partial charge in [0.2, 0.25) is 0 Å². The van der Waals surface area contributed by atoms with Crippen LogP contribution in [0, 0.1) is 5.41 Å². The lowest BCUT2D eigenvalue weighted by atomic mass is 9.85. The summed E-state index contributed by atoms with van der Waals surface area (Å²) in [5.74, 6) is 0.0929. The normalized spacial score (nSPS) is 12.0. The molecule has 19 heavy (non-hydrogen) atoms. The first kappa shape index (κ1) is 13.9. The molecule has 102 valence electrons. The Morgan fingerprint density at radius 2 is 2.16 bits per heavy atom. The van der Waals surface area contributed by atoms with Crippen molar-refractivity contribution in [3.05, 3.63) is 29.0 Å². The summed E-state index contributed by atoms with van der Waals surface area (Å²) in [6, 6.07) is 5.56. The summed E-state index contributed by atoms with van der Waals surface area (Å²) in [5, 5.41) is 9.60. The predicted molar refractivity (Wildman–Crippen MR) is 75.5 cm³/mol. The summed E-state index contributed by atoms with van der Waals surface area (Å²) in [7, 11) is 1.93. The minimum absolute atomic E-state index is 0.122. The van der Waals surface area contributed by atoms with Crippen molar-refractivity contribution < 1.29 is 9.90 Å². The highest BCUT2D eigenvalue weighted by molar-refractivity contribution is 6.31. The Balaban J connectivity index is 2.36. The zero-order valence-electron chi connectivity index (χ0n) is 11.3. The highest BCUT2D eigenvalue weighted by atomic mass is 35.5. The molecule has 0 bridgehead atoms. The van der Waals surface area contributed by atoms with Crippen molar-refractivity contribution in [3.63, 3.8) is 0 Å². The van der Waals surface area contributed by atoms with E-state index in [4.69, 9.17) is 16.7 Å². The van der Waals surface area contributed by atoms with Gasteiger partial charge in [-0.1, -0.05) is 25.4 Å². The Bertz CT molecular complexity index is 632. The van der Waals surface area contributed by atoms with Crippen LogP contribution in [0.15, 0.2) is 18.2 Å². The average molecular weight is 281 g/mol. The number of halogens is 1. The smallest absolute Gasteiger partial charge is 0.303 e. The van der Waals surface area contributed by atoms with Crippen molar-refractivity contribution in [3.8, 4) is 0 Å². The number of aromatic nitrogens is 2. The molecule has 1 heterocycles. The van der Waals surface area contributed by atoms with E-state index in [2.05, 4.69) is 4.98 Å². The molecule has 4 nitrogen and oxygen atoms in total. The summed E-state index contributed by atoms with van der Waals surface area (Å²) in [6.45, 7) is 3.88. The van der Waals surface area contributed by atoms with Gasteiger partial charge in [-0.2, -0.15) is 0 Å². The van der Waals surface area contributed by atoms with E-state index in [0.29, 0.717) is 11.4 Å². The van der Waals surface area contributed by atoms with Gasteiger partial charge >= 0.3 is 5.97 Å². The Labute approximate surface area is 117 Å². The topological polar surface area (TPSA) is 55.1 Å². The van der Waals surface area contributed by atoms with Crippen molar-refractivity contribution in [1.82, 2.24) is 9.55 Å². The molecule has 2 aromatic rings. The van der Waals surface area contributed by atoms with Gasteiger partial charge in [0.05, 0.1) is 17.5 Å². The highest BCUT2D eigenvalue weighted by Crippen LogP contribution is 2.28. The van der Waals surface area contributed by atoms with Gasteiger partial charge in [0.25, 0.3) is 0 Å². The van der Waals surface area contributed by atoms with Crippen LogP contribution in [0.1, 0.15) is 26.1 Å². The van der Waals surface area contributed by atoms with Crippen LogP contribution in [0.5, 0.6) is 0 Å². The number of aryl methyl sites for hydroxylation is 1. The SMILES string of the molecule is Cn1c(CC(C)(C)CC(=O)O)nc2ccc(Cl)cc21. The van der Waals surface area contributed by atoms with E-state index >= 15 is 0 Å². The fraction of sp³-hybridized carbons (Fsp3) is 0.429. The summed E-state index contributed by atoms with van der Waals surface area (Å²) >= 11 is 5.98. The number of carbonyl (C=O) groups is 1. The molecule has 2 rings (SSSR count). The number of rotatable bonds is 4. The predicted octanol–water partition coefficient (Wildman–Crippen LogP) is 3.27. The number of imidazole rings is 1. The maximum Gasteiger partial charge on any atom is 0.303 e. The first-order chi connectivity index (χ1) is 8.78. The van der Waals surface area contributed by atoms with Gasteiger partial charge in [-0.3, -0.25) is 4.79 Å². The largest absolute Gasteiger partial charge is 0.481 e. The van der Waals surface area contributed by atoms with E-state index < -0.39 is 5.97 Å². The first-order valence-electron chi connectivity index (χ1n) is 6.11. The van der Waals surface area contributed by atoms with Crippen LogP contribution >= 0.6 is 11.6 Å². The Morgan fingerprint density at radius 1 is 1.47 bits per heavy atom. The third kappa shape index (κ3) is 3.07. The molecule has 0 amide bonds. The molecule has 5 heteroatoms. The maximum absolute atomic E-state index is 10.9. The second kappa shape index (κ2) is 4.85. The van der Waals surface area contributed by atoms with E-state index in [1.807, 2.05) is 43.7 Å². The molecular weight excluding hydrogens is 264 g/mol. The zero-order valence-corrected chi connectivity index (χ0v) is 12.0. The minimum atomic E-state index is -0.785. The number of carboxylic acids is 1.